The number of H-pyrrole nitrogens is 1. The first-order valence-corrected chi connectivity index (χ1v) is 6.70. The number of nitrogens with one attached hydrogen (secondary N) is 1. The molecule has 0 bridgehead atoms. The van der Waals surface area contributed by atoms with Crippen LogP contribution >= 0.6 is 0 Å². The average Bonchev–Trinajstić information content (AvgIpc) is 2.87. The van der Waals surface area contributed by atoms with Crippen molar-refractivity contribution in [2.24, 2.45) is 10.2 Å². The van der Waals surface area contributed by atoms with E-state index < -0.39 is 10.8 Å². The molecule has 1 heterocycles. The number of nitrogens with zero attached hydrogens (tertiary/aromatic N) is 3. The molecule has 1 amide bonds. The predicted octanol–water partition coefficient (Wildman–Crippen LogP) is 3.41. The van der Waals surface area contributed by atoms with Gasteiger partial charge in [-0.25, -0.2) is 0 Å². The minimum Gasteiger partial charge on any atom is -0.507 e. The standard InChI is InChI=1S/C15H10N4O5/c20-12-4-2-1-3-9(12)14(21)18-17-13-10-7-8(19(23)24)5-6-11(10)16-15(13)22/h1-7,16,20,22H. The van der Waals surface area contributed by atoms with Crippen LogP contribution in [0.15, 0.2) is 52.7 Å². The average molecular weight is 326 g/mol. The number of phenols is 1. The normalized spacial score (nSPS) is 11.2. The number of hydrogen-bond donors (Lipinski definition) is 3. The van der Waals surface area contributed by atoms with E-state index in [4.69, 9.17) is 0 Å². The summed E-state index contributed by atoms with van der Waals surface area (Å²) >= 11 is 0. The predicted molar refractivity (Wildman–Crippen MR) is 83.6 cm³/mol. The van der Waals surface area contributed by atoms with Gasteiger partial charge in [0.25, 0.3) is 11.6 Å². The Kier molecular flexibility index (Phi) is 3.66. The molecule has 9 nitrogen and oxygen atoms in total. The summed E-state index contributed by atoms with van der Waals surface area (Å²) < 4.78 is 0. The van der Waals surface area contributed by atoms with Crippen LogP contribution in [0.25, 0.3) is 10.9 Å². The lowest BCUT2D eigenvalue weighted by molar-refractivity contribution is -0.384. The second-order valence-corrected chi connectivity index (χ2v) is 4.83. The molecule has 24 heavy (non-hydrogen) atoms. The lowest BCUT2D eigenvalue weighted by atomic mass is 10.2. The summed E-state index contributed by atoms with van der Waals surface area (Å²) in [6.07, 6.45) is 0. The van der Waals surface area contributed by atoms with Crippen LogP contribution in [0.4, 0.5) is 11.4 Å². The molecule has 0 saturated heterocycles. The van der Waals surface area contributed by atoms with Gasteiger partial charge in [0.1, 0.15) is 5.75 Å². The van der Waals surface area contributed by atoms with Crippen LogP contribution in [-0.2, 0) is 0 Å². The molecule has 1 aromatic heterocycles. The van der Waals surface area contributed by atoms with E-state index in [1.54, 1.807) is 12.1 Å². The number of nitro benzene ring substituents is 1. The molecule has 0 spiro atoms. The molecular weight excluding hydrogens is 316 g/mol. The Labute approximate surface area is 134 Å². The monoisotopic (exact) mass is 326 g/mol. The lowest BCUT2D eigenvalue weighted by Crippen LogP contribution is -1.93. The van der Waals surface area contributed by atoms with Crippen LogP contribution < -0.4 is 0 Å². The summed E-state index contributed by atoms with van der Waals surface area (Å²) in [5, 5.41) is 37.7. The Bertz CT molecular complexity index is 993. The van der Waals surface area contributed by atoms with E-state index >= 15 is 0 Å². The van der Waals surface area contributed by atoms with Crippen molar-refractivity contribution in [1.29, 1.82) is 0 Å². The Morgan fingerprint density at radius 3 is 2.62 bits per heavy atom. The summed E-state index contributed by atoms with van der Waals surface area (Å²) in [6, 6.07) is 9.70. The van der Waals surface area contributed by atoms with Crippen LogP contribution in [0.2, 0.25) is 0 Å². The van der Waals surface area contributed by atoms with Crippen molar-refractivity contribution in [2.45, 2.75) is 0 Å². The summed E-state index contributed by atoms with van der Waals surface area (Å²) in [6.45, 7) is 0. The van der Waals surface area contributed by atoms with Gasteiger partial charge in [-0.3, -0.25) is 14.9 Å². The molecule has 120 valence electrons. The van der Waals surface area contributed by atoms with E-state index in [-0.39, 0.29) is 34.0 Å². The van der Waals surface area contributed by atoms with Gasteiger partial charge in [-0.05, 0) is 18.2 Å². The van der Waals surface area contributed by atoms with Crippen LogP contribution in [0.3, 0.4) is 0 Å². The number of hydrogen-bond acceptors (Lipinski definition) is 6. The molecule has 0 atom stereocenters. The quantitative estimate of drug-likeness (QED) is 0.384. The van der Waals surface area contributed by atoms with Crippen molar-refractivity contribution in [2.75, 3.05) is 0 Å². The molecule has 3 rings (SSSR count). The first-order valence-electron chi connectivity index (χ1n) is 6.70. The number of carbonyl (C=O) groups is 1. The zero-order valence-corrected chi connectivity index (χ0v) is 12.0. The van der Waals surface area contributed by atoms with E-state index in [1.165, 1.54) is 30.3 Å². The fourth-order valence-corrected chi connectivity index (χ4v) is 2.17. The van der Waals surface area contributed by atoms with Crippen molar-refractivity contribution < 1.29 is 19.9 Å². The maximum Gasteiger partial charge on any atom is 0.299 e. The number of aromatic nitrogens is 1. The molecular formula is C15H10N4O5. The molecule has 3 N–H and O–H groups in total. The number of carbonyl (C=O) groups excluding carboxylic acids is 1. The Balaban J connectivity index is 2.01. The first kappa shape index (κ1) is 15.2. The van der Waals surface area contributed by atoms with Gasteiger partial charge in [0.05, 0.1) is 16.0 Å². The van der Waals surface area contributed by atoms with E-state index in [2.05, 4.69) is 15.2 Å². The van der Waals surface area contributed by atoms with Crippen molar-refractivity contribution in [3.63, 3.8) is 0 Å². The van der Waals surface area contributed by atoms with Gasteiger partial charge in [-0.2, -0.15) is 0 Å². The summed E-state index contributed by atoms with van der Waals surface area (Å²) in [5.41, 5.74) is 0.0658. The number of aromatic hydroxyl groups is 2. The number of phenolic OH excluding ortho intramolecular Hbond substituents is 1. The lowest BCUT2D eigenvalue weighted by Gasteiger charge is -1.97. The van der Waals surface area contributed by atoms with Gasteiger partial charge in [0, 0.05) is 17.5 Å². The second kappa shape index (κ2) is 5.80. The van der Waals surface area contributed by atoms with Crippen LogP contribution in [0.1, 0.15) is 10.4 Å². The largest absolute Gasteiger partial charge is 0.507 e. The molecule has 0 unspecified atom stereocenters. The van der Waals surface area contributed by atoms with E-state index in [0.717, 1.165) is 0 Å². The molecule has 0 aliphatic rings. The van der Waals surface area contributed by atoms with Gasteiger partial charge in [0.15, 0.2) is 5.69 Å². The van der Waals surface area contributed by atoms with Crippen molar-refractivity contribution in [1.82, 2.24) is 4.98 Å². The zero-order valence-electron chi connectivity index (χ0n) is 12.0. The van der Waals surface area contributed by atoms with Gasteiger partial charge in [-0.1, -0.05) is 12.1 Å². The minimum atomic E-state index is -0.813. The highest BCUT2D eigenvalue weighted by Gasteiger charge is 2.16. The van der Waals surface area contributed by atoms with Crippen molar-refractivity contribution in [3.05, 3.63) is 58.1 Å². The summed E-state index contributed by atoms with van der Waals surface area (Å²) in [5.74, 6) is -1.44. The molecule has 0 aliphatic heterocycles. The van der Waals surface area contributed by atoms with Crippen molar-refractivity contribution in [3.8, 4) is 11.6 Å². The third kappa shape index (κ3) is 2.65. The molecule has 3 aromatic rings. The van der Waals surface area contributed by atoms with Gasteiger partial charge in [-0.15, -0.1) is 10.2 Å². The number of nitro groups is 1. The highest BCUT2D eigenvalue weighted by Crippen LogP contribution is 2.37. The highest BCUT2D eigenvalue weighted by atomic mass is 16.6. The summed E-state index contributed by atoms with van der Waals surface area (Å²) in [7, 11) is 0. The van der Waals surface area contributed by atoms with Crippen molar-refractivity contribution >= 4 is 28.2 Å². The number of azo groups is 1. The maximum absolute atomic E-state index is 12.0. The van der Waals surface area contributed by atoms with Gasteiger partial charge in [0.2, 0.25) is 5.88 Å². The second-order valence-electron chi connectivity index (χ2n) is 4.83. The first-order chi connectivity index (χ1) is 11.5. The van der Waals surface area contributed by atoms with E-state index in [0.29, 0.717) is 5.52 Å². The topological polar surface area (TPSA) is 141 Å². The fourth-order valence-electron chi connectivity index (χ4n) is 2.17. The SMILES string of the molecule is O=C(N=Nc1c(O)[nH]c2ccc([N+](=O)[O-])cc12)c1ccccc1O. The number of amides is 1. The molecule has 2 aromatic carbocycles. The number of fused-ring (bicyclic) bond motifs is 1. The highest BCUT2D eigenvalue weighted by molar-refractivity contribution is 5.99. The van der Waals surface area contributed by atoms with Crippen LogP contribution in [-0.4, -0.2) is 26.0 Å². The number of benzene rings is 2. The minimum absolute atomic E-state index is 0.0495. The van der Waals surface area contributed by atoms with E-state index in [1.807, 2.05) is 0 Å². The Morgan fingerprint density at radius 2 is 1.92 bits per heavy atom. The fraction of sp³-hybridized carbons (Fsp3) is 0. The molecule has 0 saturated carbocycles. The molecule has 0 radical (unpaired) electrons. The summed E-state index contributed by atoms with van der Waals surface area (Å²) in [4.78, 5) is 24.8. The number of non-ortho nitro benzene ring substituents is 1. The van der Waals surface area contributed by atoms with Crippen LogP contribution in [0.5, 0.6) is 11.6 Å². The zero-order chi connectivity index (χ0) is 17.3. The third-order valence-electron chi connectivity index (χ3n) is 3.32. The molecule has 9 heteroatoms. The Morgan fingerprint density at radius 1 is 1.17 bits per heavy atom. The molecule has 0 aliphatic carbocycles. The molecule has 0 fully saturated rings. The third-order valence-corrected chi connectivity index (χ3v) is 3.32. The number of para-hydroxylation sites is 1. The Hall–Kier alpha value is -3.75. The van der Waals surface area contributed by atoms with E-state index in [9.17, 15) is 25.1 Å². The van der Waals surface area contributed by atoms with Gasteiger partial charge >= 0.3 is 0 Å². The van der Waals surface area contributed by atoms with Crippen LogP contribution in [0, 0.1) is 10.1 Å². The number of rotatable bonds is 3. The smallest absolute Gasteiger partial charge is 0.299 e. The maximum atomic E-state index is 12.0. The number of aromatic amines is 1. The van der Waals surface area contributed by atoms with Gasteiger partial charge < -0.3 is 15.2 Å².